The summed E-state index contributed by atoms with van der Waals surface area (Å²) >= 11 is 1.34. The van der Waals surface area contributed by atoms with Crippen LogP contribution in [0, 0.1) is 12.7 Å². The van der Waals surface area contributed by atoms with Gasteiger partial charge in [-0.05, 0) is 48.6 Å². The molecule has 2 aromatic carbocycles. The van der Waals surface area contributed by atoms with Crippen molar-refractivity contribution in [1.82, 2.24) is 0 Å². The molecule has 3 aromatic rings. The lowest BCUT2D eigenvalue weighted by atomic mass is 10.0. The first-order valence-electron chi connectivity index (χ1n) is 8.16. The number of aryl methyl sites for hydroxylation is 3. The molecule has 1 amide bonds. The highest BCUT2D eigenvalue weighted by atomic mass is 32.1. The molecule has 0 aliphatic heterocycles. The molecule has 0 radical (unpaired) electrons. The lowest BCUT2D eigenvalue weighted by Gasteiger charge is -2.14. The van der Waals surface area contributed by atoms with Gasteiger partial charge in [-0.1, -0.05) is 38.1 Å². The van der Waals surface area contributed by atoms with E-state index in [0.29, 0.717) is 15.8 Å². The van der Waals surface area contributed by atoms with E-state index < -0.39 is 0 Å². The van der Waals surface area contributed by atoms with Gasteiger partial charge in [-0.15, -0.1) is 11.3 Å². The zero-order valence-corrected chi connectivity index (χ0v) is 14.9. The molecule has 0 spiro atoms. The van der Waals surface area contributed by atoms with Crippen molar-refractivity contribution in [2.45, 2.75) is 33.6 Å². The molecule has 3 rings (SSSR count). The van der Waals surface area contributed by atoms with Gasteiger partial charge in [-0.3, -0.25) is 4.79 Å². The van der Waals surface area contributed by atoms with Gasteiger partial charge in [0, 0.05) is 15.8 Å². The van der Waals surface area contributed by atoms with Crippen LogP contribution in [0.4, 0.5) is 10.1 Å². The molecule has 0 atom stereocenters. The second kappa shape index (κ2) is 6.73. The van der Waals surface area contributed by atoms with Gasteiger partial charge in [0.1, 0.15) is 5.82 Å². The molecule has 1 heterocycles. The van der Waals surface area contributed by atoms with E-state index in [1.165, 1.54) is 17.4 Å². The number of nitrogens with one attached hydrogen (secondary N) is 1. The van der Waals surface area contributed by atoms with Gasteiger partial charge in [0.05, 0.1) is 4.88 Å². The van der Waals surface area contributed by atoms with Gasteiger partial charge in [-0.2, -0.15) is 0 Å². The molecule has 2 nitrogen and oxygen atoms in total. The summed E-state index contributed by atoms with van der Waals surface area (Å²) in [4.78, 5) is 13.4. The Labute approximate surface area is 145 Å². The summed E-state index contributed by atoms with van der Waals surface area (Å²) < 4.78 is 14.9. The first-order chi connectivity index (χ1) is 11.6. The number of halogens is 1. The highest BCUT2D eigenvalue weighted by Crippen LogP contribution is 2.33. The van der Waals surface area contributed by atoms with Crippen LogP contribution in [0.5, 0.6) is 0 Å². The molecule has 0 fully saturated rings. The second-order valence-corrected chi connectivity index (χ2v) is 6.83. The topological polar surface area (TPSA) is 29.1 Å². The first-order valence-corrected chi connectivity index (χ1v) is 8.98. The fourth-order valence-electron chi connectivity index (χ4n) is 3.04. The normalized spacial score (nSPS) is 11.0. The van der Waals surface area contributed by atoms with Crippen LogP contribution in [-0.2, 0) is 12.8 Å². The van der Waals surface area contributed by atoms with Crippen LogP contribution < -0.4 is 5.32 Å². The highest BCUT2D eigenvalue weighted by Gasteiger charge is 2.19. The molecule has 4 heteroatoms. The Morgan fingerprint density at radius 3 is 2.29 bits per heavy atom. The Hall–Kier alpha value is -2.20. The van der Waals surface area contributed by atoms with Crippen LogP contribution in [0.1, 0.15) is 40.2 Å². The number of hydrogen-bond acceptors (Lipinski definition) is 2. The number of benzene rings is 2. The average molecular weight is 341 g/mol. The van der Waals surface area contributed by atoms with E-state index >= 15 is 0 Å². The largest absolute Gasteiger partial charge is 0.321 e. The number of amides is 1. The minimum absolute atomic E-state index is 0.163. The average Bonchev–Trinajstić information content (AvgIpc) is 2.93. The Bertz CT molecular complexity index is 891. The number of carbonyl (C=O) groups excluding carboxylic acids is 1. The van der Waals surface area contributed by atoms with Crippen LogP contribution in [0.3, 0.4) is 0 Å². The third kappa shape index (κ3) is 2.82. The summed E-state index contributed by atoms with van der Waals surface area (Å²) in [6.45, 7) is 5.96. The van der Waals surface area contributed by atoms with Crippen LogP contribution in [0.2, 0.25) is 0 Å². The van der Waals surface area contributed by atoms with Crippen molar-refractivity contribution in [3.8, 4) is 0 Å². The minimum atomic E-state index is -0.275. The zero-order chi connectivity index (χ0) is 17.3. The summed E-state index contributed by atoms with van der Waals surface area (Å²) in [7, 11) is 0. The van der Waals surface area contributed by atoms with E-state index in [4.69, 9.17) is 0 Å². The number of fused-ring (bicyclic) bond motifs is 1. The van der Waals surface area contributed by atoms with Crippen LogP contribution >= 0.6 is 11.3 Å². The van der Waals surface area contributed by atoms with Crippen molar-refractivity contribution >= 4 is 33.0 Å². The highest BCUT2D eigenvalue weighted by molar-refractivity contribution is 7.21. The molecule has 0 bridgehead atoms. The quantitative estimate of drug-likeness (QED) is 0.645. The number of anilines is 1. The molecular weight excluding hydrogens is 321 g/mol. The lowest BCUT2D eigenvalue weighted by molar-refractivity contribution is 0.103. The summed E-state index contributed by atoms with van der Waals surface area (Å²) in [5, 5.41) is 3.62. The number of carbonyl (C=O) groups is 1. The maximum absolute atomic E-state index is 14.1. The molecule has 1 aromatic heterocycles. The number of para-hydroxylation sites is 1. The monoisotopic (exact) mass is 341 g/mol. The summed E-state index contributed by atoms with van der Waals surface area (Å²) in [5.41, 5.74) is 3.84. The predicted octanol–water partition coefficient (Wildman–Crippen LogP) is 5.73. The van der Waals surface area contributed by atoms with Gasteiger partial charge >= 0.3 is 0 Å². The Balaban J connectivity index is 2.03. The maximum atomic E-state index is 14.1. The number of rotatable bonds is 4. The number of thiophene rings is 1. The minimum Gasteiger partial charge on any atom is -0.321 e. The van der Waals surface area contributed by atoms with Crippen molar-refractivity contribution < 1.29 is 9.18 Å². The van der Waals surface area contributed by atoms with Gasteiger partial charge < -0.3 is 5.32 Å². The van der Waals surface area contributed by atoms with Crippen molar-refractivity contribution in [1.29, 1.82) is 0 Å². The van der Waals surface area contributed by atoms with Gasteiger partial charge in [0.15, 0.2) is 0 Å². The third-order valence-electron chi connectivity index (χ3n) is 4.35. The summed E-state index contributed by atoms with van der Waals surface area (Å²) in [5.74, 6) is -0.438. The molecule has 1 N–H and O–H groups in total. The van der Waals surface area contributed by atoms with Crippen LogP contribution in [0.15, 0.2) is 36.4 Å². The molecule has 0 unspecified atom stereocenters. The standard InChI is InChI=1S/C20H20FNOS/c1-4-13-8-6-9-14(5-2)18(13)22-20(23)19-12(3)17-15(21)10-7-11-16(17)24-19/h6-11H,4-5H2,1-3H3,(H,22,23). The Kier molecular flexibility index (Phi) is 4.67. The Morgan fingerprint density at radius 1 is 1.08 bits per heavy atom. The van der Waals surface area contributed by atoms with Crippen molar-refractivity contribution in [3.63, 3.8) is 0 Å². The van der Waals surface area contributed by atoms with Crippen LogP contribution in [0.25, 0.3) is 10.1 Å². The van der Waals surface area contributed by atoms with Crippen molar-refractivity contribution in [2.75, 3.05) is 5.32 Å². The molecule has 0 saturated heterocycles. The molecule has 0 aliphatic carbocycles. The summed E-state index contributed by atoms with van der Waals surface area (Å²) in [6, 6.07) is 11.1. The molecular formula is C20H20FNOS. The van der Waals surface area contributed by atoms with Crippen molar-refractivity contribution in [3.05, 3.63) is 63.8 Å². The van der Waals surface area contributed by atoms with E-state index in [0.717, 1.165) is 34.4 Å². The zero-order valence-electron chi connectivity index (χ0n) is 14.1. The second-order valence-electron chi connectivity index (χ2n) is 5.78. The van der Waals surface area contributed by atoms with Gasteiger partial charge in [0.25, 0.3) is 5.91 Å². The first kappa shape index (κ1) is 16.7. The maximum Gasteiger partial charge on any atom is 0.266 e. The Morgan fingerprint density at radius 2 is 1.71 bits per heavy atom. The fourth-order valence-corrected chi connectivity index (χ4v) is 4.16. The molecule has 0 aliphatic rings. The smallest absolute Gasteiger partial charge is 0.266 e. The van der Waals surface area contributed by atoms with Gasteiger partial charge in [-0.25, -0.2) is 4.39 Å². The third-order valence-corrected chi connectivity index (χ3v) is 5.60. The van der Waals surface area contributed by atoms with E-state index in [1.807, 2.05) is 31.2 Å². The fraction of sp³-hybridized carbons (Fsp3) is 0.250. The van der Waals surface area contributed by atoms with Gasteiger partial charge in [0.2, 0.25) is 0 Å². The molecule has 24 heavy (non-hydrogen) atoms. The van der Waals surface area contributed by atoms with Crippen molar-refractivity contribution in [2.24, 2.45) is 0 Å². The van der Waals surface area contributed by atoms with Crippen LogP contribution in [-0.4, -0.2) is 5.91 Å². The number of hydrogen-bond donors (Lipinski definition) is 1. The summed E-state index contributed by atoms with van der Waals surface area (Å²) in [6.07, 6.45) is 1.70. The SMILES string of the molecule is CCc1cccc(CC)c1NC(=O)c1sc2cccc(F)c2c1C. The van der Waals surface area contributed by atoms with E-state index in [1.54, 1.807) is 6.07 Å². The van der Waals surface area contributed by atoms with E-state index in [-0.39, 0.29) is 11.7 Å². The lowest BCUT2D eigenvalue weighted by Crippen LogP contribution is -2.14. The molecule has 124 valence electrons. The van der Waals surface area contributed by atoms with E-state index in [2.05, 4.69) is 19.2 Å². The predicted molar refractivity (Wildman–Crippen MR) is 99.7 cm³/mol. The van der Waals surface area contributed by atoms with E-state index in [9.17, 15) is 9.18 Å². The molecule has 0 saturated carbocycles.